The molecule has 0 spiro atoms. The summed E-state index contributed by atoms with van der Waals surface area (Å²) in [6.07, 6.45) is 2.99. The first-order chi connectivity index (χ1) is 26.9. The number of hydrogen-bond acceptors (Lipinski definition) is 8. The van der Waals surface area contributed by atoms with Gasteiger partial charge in [0.25, 0.3) is 0 Å². The van der Waals surface area contributed by atoms with Crippen LogP contribution in [0.2, 0.25) is 0 Å². The Balaban J connectivity index is 1.09. The molecule has 2 fully saturated rings. The number of alkyl carbamates (subject to hydrolysis) is 2. The van der Waals surface area contributed by atoms with Crippen molar-refractivity contribution in [3.63, 3.8) is 0 Å². The summed E-state index contributed by atoms with van der Waals surface area (Å²) in [5, 5.41) is 7.46. The molecule has 56 heavy (non-hydrogen) atoms. The van der Waals surface area contributed by atoms with Gasteiger partial charge in [-0.3, -0.25) is 9.59 Å². The fourth-order valence-corrected chi connectivity index (χ4v) is 8.39. The zero-order chi connectivity index (χ0) is 39.8. The molecule has 3 aromatic carbocycles. The minimum absolute atomic E-state index is 0.0157. The molecule has 14 heteroatoms. The van der Waals surface area contributed by atoms with E-state index in [0.29, 0.717) is 12.4 Å². The molecule has 0 saturated carbocycles. The monoisotopic (exact) mass is 762 g/mol. The summed E-state index contributed by atoms with van der Waals surface area (Å²) in [6.45, 7) is 10.2. The summed E-state index contributed by atoms with van der Waals surface area (Å²) in [5.74, 6) is 1.19. The number of aromatic nitrogens is 4. The van der Waals surface area contributed by atoms with Gasteiger partial charge in [-0.2, -0.15) is 0 Å². The van der Waals surface area contributed by atoms with Crippen LogP contribution in [0.4, 0.5) is 9.59 Å². The Morgan fingerprint density at radius 2 is 1.48 bits per heavy atom. The maximum absolute atomic E-state index is 13.6. The standard InChI is InChI=1S/C42H50N8O6/c1-22(2)35(48-42(54)56-7)40(52)49-16-8-9-34(49)37-45-31-15-14-29(20-32(31)46-37)27-10-11-28-19-30(13-12-26(28)18-27)33-21-43-38(47-33)36-23(3)17-24(4)50(36)39(51)25(5)44-41(53)55-6/h10-15,18-25,34-36H,8-9,16-17H2,1-7H3,(H,43,47)(H,44,53)(H,45,46)(H,48,54)/t23-,24+,25-,34-,35-,36-/m0/s1. The topological polar surface area (TPSA) is 175 Å². The molecule has 4 N–H and O–H groups in total. The molecular formula is C42H50N8O6. The fraction of sp³-hybridized carbons (Fsp3) is 0.429. The van der Waals surface area contributed by atoms with Crippen LogP contribution in [-0.4, -0.2) is 92.6 Å². The highest BCUT2D eigenvalue weighted by Gasteiger charge is 2.43. The zero-order valence-corrected chi connectivity index (χ0v) is 32.9. The van der Waals surface area contributed by atoms with Gasteiger partial charge in [-0.25, -0.2) is 19.6 Å². The maximum atomic E-state index is 13.6. The lowest BCUT2D eigenvalue weighted by Gasteiger charge is -2.31. The van der Waals surface area contributed by atoms with Gasteiger partial charge in [0, 0.05) is 18.2 Å². The molecule has 2 aromatic heterocycles. The van der Waals surface area contributed by atoms with Gasteiger partial charge in [0.05, 0.1) is 49.2 Å². The number of ether oxygens (including phenoxy) is 2. The van der Waals surface area contributed by atoms with Crippen molar-refractivity contribution in [2.24, 2.45) is 11.8 Å². The van der Waals surface area contributed by atoms with E-state index in [-0.39, 0.29) is 41.8 Å². The molecule has 4 amide bonds. The Labute approximate surface area is 325 Å². The van der Waals surface area contributed by atoms with E-state index in [2.05, 4.69) is 76.1 Å². The van der Waals surface area contributed by atoms with Crippen molar-refractivity contribution in [2.75, 3.05) is 20.8 Å². The van der Waals surface area contributed by atoms with Crippen molar-refractivity contribution in [1.82, 2.24) is 40.4 Å². The van der Waals surface area contributed by atoms with Crippen LogP contribution < -0.4 is 10.6 Å². The zero-order valence-electron chi connectivity index (χ0n) is 32.9. The number of benzene rings is 3. The van der Waals surface area contributed by atoms with Crippen LogP contribution >= 0.6 is 0 Å². The van der Waals surface area contributed by atoms with Crippen LogP contribution in [0.1, 0.15) is 77.6 Å². The number of carbonyl (C=O) groups excluding carboxylic acids is 4. The number of nitrogens with one attached hydrogen (secondary N) is 4. The number of H-pyrrole nitrogens is 2. The van der Waals surface area contributed by atoms with Gasteiger partial charge < -0.3 is 39.9 Å². The summed E-state index contributed by atoms with van der Waals surface area (Å²) in [5.41, 5.74) is 5.64. The van der Waals surface area contributed by atoms with E-state index < -0.39 is 24.3 Å². The van der Waals surface area contributed by atoms with E-state index in [0.717, 1.165) is 69.3 Å². The third-order valence-corrected chi connectivity index (χ3v) is 11.3. The Morgan fingerprint density at radius 3 is 2.20 bits per heavy atom. The van der Waals surface area contributed by atoms with Crippen molar-refractivity contribution in [3.8, 4) is 22.4 Å². The minimum Gasteiger partial charge on any atom is -0.453 e. The van der Waals surface area contributed by atoms with Crippen molar-refractivity contribution in [2.45, 2.75) is 84.1 Å². The molecule has 2 aliphatic rings. The highest BCUT2D eigenvalue weighted by atomic mass is 16.5. The van der Waals surface area contributed by atoms with Crippen LogP contribution in [0.25, 0.3) is 44.2 Å². The van der Waals surface area contributed by atoms with Gasteiger partial charge in [0.2, 0.25) is 11.8 Å². The number of fused-ring (bicyclic) bond motifs is 2. The SMILES string of the molecule is COC(=O)N[C@@H](C)C(=O)N1[C@H](C)C[C@H](C)[C@H]1c1ncc(-c2ccc3cc(-c4ccc5nc([C@@H]6CCCN6C(=O)[C@@H](NC(=O)OC)C(C)C)[nH]c5c4)ccc3c2)[nH]1. The van der Waals surface area contributed by atoms with Gasteiger partial charge in [0.15, 0.2) is 0 Å². The molecule has 2 saturated heterocycles. The molecule has 4 heterocycles. The van der Waals surface area contributed by atoms with E-state index in [1.807, 2.05) is 42.8 Å². The number of aromatic amines is 2. The van der Waals surface area contributed by atoms with Gasteiger partial charge in [0.1, 0.15) is 23.7 Å². The first-order valence-electron chi connectivity index (χ1n) is 19.3. The summed E-state index contributed by atoms with van der Waals surface area (Å²) in [4.78, 5) is 71.2. The highest BCUT2D eigenvalue weighted by Crippen LogP contribution is 2.41. The largest absolute Gasteiger partial charge is 0.453 e. The van der Waals surface area contributed by atoms with Crippen LogP contribution in [0.5, 0.6) is 0 Å². The average Bonchev–Trinajstić information content (AvgIpc) is 4.01. The van der Waals surface area contributed by atoms with Crippen molar-refractivity contribution in [1.29, 1.82) is 0 Å². The predicted molar refractivity (Wildman–Crippen MR) is 212 cm³/mol. The van der Waals surface area contributed by atoms with Crippen molar-refractivity contribution >= 4 is 45.8 Å². The second kappa shape index (κ2) is 15.7. The Hall–Kier alpha value is -5.92. The number of methoxy groups -OCH3 is 2. The Morgan fingerprint density at radius 1 is 0.821 bits per heavy atom. The number of nitrogens with zero attached hydrogens (tertiary/aromatic N) is 4. The molecule has 294 valence electrons. The fourth-order valence-electron chi connectivity index (χ4n) is 8.39. The lowest BCUT2D eigenvalue weighted by molar-refractivity contribution is -0.136. The first-order valence-corrected chi connectivity index (χ1v) is 19.3. The smallest absolute Gasteiger partial charge is 0.407 e. The number of likely N-dealkylation sites (tertiary alicyclic amines) is 2. The van der Waals surface area contributed by atoms with Gasteiger partial charge in [-0.1, -0.05) is 51.1 Å². The highest BCUT2D eigenvalue weighted by molar-refractivity contribution is 5.92. The van der Waals surface area contributed by atoms with Crippen LogP contribution in [0, 0.1) is 11.8 Å². The van der Waals surface area contributed by atoms with E-state index in [9.17, 15) is 19.2 Å². The Kier molecular flexibility index (Phi) is 10.7. The molecule has 0 aliphatic carbocycles. The number of imidazole rings is 2. The van der Waals surface area contributed by atoms with E-state index in [1.165, 1.54) is 14.2 Å². The third-order valence-electron chi connectivity index (χ3n) is 11.3. The molecule has 0 radical (unpaired) electrons. The number of hydrogen-bond donors (Lipinski definition) is 4. The number of carbonyl (C=O) groups is 4. The molecule has 0 bridgehead atoms. The third kappa shape index (κ3) is 7.39. The minimum atomic E-state index is -0.738. The Bertz CT molecular complexity index is 2280. The number of amides is 4. The van der Waals surface area contributed by atoms with Crippen LogP contribution in [0.3, 0.4) is 0 Å². The normalized spacial score (nSPS) is 20.7. The second-order valence-electron chi connectivity index (χ2n) is 15.5. The van der Waals surface area contributed by atoms with E-state index in [4.69, 9.17) is 19.4 Å². The van der Waals surface area contributed by atoms with Gasteiger partial charge in [-0.05, 0) is 91.1 Å². The predicted octanol–water partition coefficient (Wildman–Crippen LogP) is 6.86. The molecule has 7 rings (SSSR count). The van der Waals surface area contributed by atoms with Crippen molar-refractivity contribution in [3.05, 3.63) is 72.4 Å². The summed E-state index contributed by atoms with van der Waals surface area (Å²) >= 11 is 0. The molecule has 2 aliphatic heterocycles. The quantitative estimate of drug-likeness (QED) is 0.126. The maximum Gasteiger partial charge on any atom is 0.407 e. The average molecular weight is 763 g/mol. The molecule has 0 unspecified atom stereocenters. The second-order valence-corrected chi connectivity index (χ2v) is 15.5. The summed E-state index contributed by atoms with van der Waals surface area (Å²) in [7, 11) is 2.57. The van der Waals surface area contributed by atoms with E-state index >= 15 is 0 Å². The lowest BCUT2D eigenvalue weighted by atomic mass is 9.99. The van der Waals surface area contributed by atoms with Gasteiger partial charge in [-0.15, -0.1) is 0 Å². The summed E-state index contributed by atoms with van der Waals surface area (Å²) in [6, 6.07) is 16.9. The van der Waals surface area contributed by atoms with Gasteiger partial charge >= 0.3 is 12.2 Å². The first kappa shape index (κ1) is 38.4. The number of rotatable bonds is 9. The molecule has 14 nitrogen and oxygen atoms in total. The van der Waals surface area contributed by atoms with Crippen LogP contribution in [-0.2, 0) is 19.1 Å². The molecule has 6 atom stereocenters. The van der Waals surface area contributed by atoms with Crippen LogP contribution in [0.15, 0.2) is 60.8 Å². The van der Waals surface area contributed by atoms with Crippen molar-refractivity contribution < 1.29 is 28.7 Å². The molecular weight excluding hydrogens is 713 g/mol. The summed E-state index contributed by atoms with van der Waals surface area (Å²) < 4.78 is 9.48. The molecule has 5 aromatic rings. The van der Waals surface area contributed by atoms with E-state index in [1.54, 1.807) is 6.92 Å². The lowest BCUT2D eigenvalue weighted by Crippen LogP contribution is -2.51.